The second kappa shape index (κ2) is 18.2. The third-order valence-electron chi connectivity index (χ3n) is 11.7. The van der Waals surface area contributed by atoms with E-state index in [0.29, 0.717) is 12.4 Å². The first-order valence-electron chi connectivity index (χ1n) is 21.5. The lowest BCUT2D eigenvalue weighted by Gasteiger charge is -2.30. The molecule has 0 radical (unpaired) electrons. The number of aromatic nitrogens is 3. The minimum Gasteiger partial charge on any atom is -0.459 e. The Morgan fingerprint density at radius 3 is 2.53 bits per heavy atom. The first-order chi connectivity index (χ1) is 29.4. The van der Waals surface area contributed by atoms with Crippen LogP contribution in [0.5, 0.6) is 6.01 Å². The van der Waals surface area contributed by atoms with E-state index in [1.165, 1.54) is 14.1 Å². The molecule has 1 saturated carbocycles. The van der Waals surface area contributed by atoms with Gasteiger partial charge in [0.25, 0.3) is 11.9 Å². The SMILES string of the molecule is Cc1sc(-c2cccc3c2nc(OC2CC4C(=O)NC5(C(=O)NS(=O)(=O)N(C)C)CC5C=CCCCCCC(NCOC(C)(C)C)C(=O)N4C2)n3C(C)C)nc1-c1ccccc1. The molecule has 2 aliphatic heterocycles. The van der Waals surface area contributed by atoms with Gasteiger partial charge in [-0.05, 0) is 79.4 Å². The number of rotatable bonds is 11. The number of thiazole rings is 1. The van der Waals surface area contributed by atoms with Gasteiger partial charge in [-0.15, -0.1) is 11.3 Å². The molecule has 3 N–H and O–H groups in total. The molecule has 7 rings (SSSR count). The van der Waals surface area contributed by atoms with Gasteiger partial charge in [-0.25, -0.2) is 9.71 Å². The Morgan fingerprint density at radius 2 is 1.82 bits per heavy atom. The lowest BCUT2D eigenvalue weighted by molar-refractivity contribution is -0.142. The van der Waals surface area contributed by atoms with Crippen molar-refractivity contribution in [2.24, 2.45) is 5.92 Å². The number of amides is 3. The summed E-state index contributed by atoms with van der Waals surface area (Å²) in [6.07, 6.45) is 7.30. The minimum atomic E-state index is -4.15. The molecule has 334 valence electrons. The number of carbonyl (C=O) groups excluding carboxylic acids is 3. The summed E-state index contributed by atoms with van der Waals surface area (Å²) >= 11 is 1.60. The topological polar surface area (TPSA) is 177 Å². The van der Waals surface area contributed by atoms with Crippen molar-refractivity contribution in [1.82, 2.24) is 39.1 Å². The number of nitrogens with one attached hydrogen (secondary N) is 3. The molecule has 1 aliphatic carbocycles. The van der Waals surface area contributed by atoms with Crippen molar-refractivity contribution in [3.63, 3.8) is 0 Å². The predicted octanol–water partition coefficient (Wildman–Crippen LogP) is 6.11. The van der Waals surface area contributed by atoms with Gasteiger partial charge in [0, 0.05) is 48.5 Å². The highest BCUT2D eigenvalue weighted by Crippen LogP contribution is 2.46. The summed E-state index contributed by atoms with van der Waals surface area (Å²) in [5, 5.41) is 7.09. The minimum absolute atomic E-state index is 0.0620. The monoisotopic (exact) mass is 888 g/mol. The lowest BCUT2D eigenvalue weighted by Crippen LogP contribution is -2.58. The normalized spacial score (nSPS) is 23.8. The number of ether oxygens (including phenoxy) is 2. The molecule has 4 aromatic rings. The molecule has 4 heterocycles. The molecule has 15 nitrogen and oxygen atoms in total. The summed E-state index contributed by atoms with van der Waals surface area (Å²) in [6, 6.07) is 14.7. The van der Waals surface area contributed by atoms with Crippen LogP contribution in [0.3, 0.4) is 0 Å². The molecule has 1 saturated heterocycles. The maximum absolute atomic E-state index is 14.8. The fourth-order valence-corrected chi connectivity index (χ4v) is 9.81. The molecule has 0 bridgehead atoms. The molecular weight excluding hydrogens is 829 g/mol. The molecule has 62 heavy (non-hydrogen) atoms. The standard InChI is InChI=1S/C45H60N8O7S2/c1-28(2)53-35-23-17-21-33(40-47-37(29(3)61-40)30-18-13-12-14-19-30)38(35)48-43(53)60-32-24-36-39(54)49-45(42(56)50-62(57,58)51(7)8)25-31(45)20-15-10-9-11-16-22-34(41(55)52(36)26-32)46-27-59-44(4,5)6/h12-15,17-21,23,28,31-32,34,36,46H,9-11,16,22,24-27H2,1-8H3,(H,49,54)(H,50,56). The second-order valence-electron chi connectivity index (χ2n) is 18.0. The molecular formula is C45H60N8O7S2. The average molecular weight is 889 g/mol. The highest BCUT2D eigenvalue weighted by atomic mass is 32.2. The Bertz CT molecular complexity index is 2420. The van der Waals surface area contributed by atoms with Crippen molar-refractivity contribution in [1.29, 1.82) is 0 Å². The Kier molecular flexibility index (Phi) is 13.3. The summed E-state index contributed by atoms with van der Waals surface area (Å²) in [6.45, 7) is 12.2. The zero-order valence-corrected chi connectivity index (χ0v) is 38.6. The van der Waals surface area contributed by atoms with Crippen LogP contribution in [-0.2, 0) is 29.3 Å². The molecule has 2 fully saturated rings. The van der Waals surface area contributed by atoms with Crippen LogP contribution < -0.4 is 20.1 Å². The van der Waals surface area contributed by atoms with Crippen LogP contribution in [0.25, 0.3) is 32.9 Å². The zero-order chi connectivity index (χ0) is 44.6. The number of hydrogen-bond acceptors (Lipinski definition) is 11. The number of allylic oxidation sites excluding steroid dienone is 1. The zero-order valence-electron chi connectivity index (χ0n) is 36.9. The van der Waals surface area contributed by atoms with Gasteiger partial charge in [-0.3, -0.25) is 24.3 Å². The van der Waals surface area contributed by atoms with Crippen LogP contribution in [0.4, 0.5) is 0 Å². The quantitative estimate of drug-likeness (QED) is 0.118. The van der Waals surface area contributed by atoms with E-state index >= 15 is 0 Å². The Hall–Kier alpha value is -4.68. The number of benzene rings is 2. The van der Waals surface area contributed by atoms with E-state index in [4.69, 9.17) is 19.4 Å². The summed E-state index contributed by atoms with van der Waals surface area (Å²) in [4.78, 5) is 56.0. The van der Waals surface area contributed by atoms with Gasteiger partial charge in [-0.1, -0.05) is 61.4 Å². The smallest absolute Gasteiger partial charge is 0.303 e. The van der Waals surface area contributed by atoms with Crippen molar-refractivity contribution in [3.8, 4) is 27.8 Å². The summed E-state index contributed by atoms with van der Waals surface area (Å²) in [5.41, 5.74) is 2.45. The number of aryl methyl sites for hydroxylation is 1. The van der Waals surface area contributed by atoms with Gasteiger partial charge in [0.05, 0.1) is 36.1 Å². The molecule has 2 aromatic carbocycles. The maximum atomic E-state index is 14.8. The number of hydrogen-bond donors (Lipinski definition) is 3. The van der Waals surface area contributed by atoms with Gasteiger partial charge in [0.2, 0.25) is 11.8 Å². The number of fused-ring (bicyclic) bond motifs is 3. The van der Waals surface area contributed by atoms with E-state index in [1.807, 2.05) is 73.9 Å². The van der Waals surface area contributed by atoms with E-state index in [2.05, 4.69) is 48.3 Å². The van der Waals surface area contributed by atoms with Crippen molar-refractivity contribution in [2.75, 3.05) is 27.4 Å². The van der Waals surface area contributed by atoms with Crippen molar-refractivity contribution in [3.05, 3.63) is 65.6 Å². The first-order valence-corrected chi connectivity index (χ1v) is 23.8. The lowest BCUT2D eigenvalue weighted by atomic mass is 10.1. The first kappa shape index (κ1) is 45.3. The molecule has 3 aliphatic rings. The van der Waals surface area contributed by atoms with Gasteiger partial charge in [0.15, 0.2) is 0 Å². The third kappa shape index (κ3) is 9.76. The molecule has 5 unspecified atom stereocenters. The summed E-state index contributed by atoms with van der Waals surface area (Å²) < 4.78 is 43.5. The van der Waals surface area contributed by atoms with Crippen LogP contribution in [-0.4, -0.2) is 107 Å². The molecule has 0 spiro atoms. The molecule has 5 atom stereocenters. The van der Waals surface area contributed by atoms with Gasteiger partial charge >= 0.3 is 10.2 Å². The molecule has 3 amide bonds. The van der Waals surface area contributed by atoms with Gasteiger partial charge < -0.3 is 19.7 Å². The Labute approximate surface area is 368 Å². The van der Waals surface area contributed by atoms with Crippen LogP contribution >= 0.6 is 11.3 Å². The highest BCUT2D eigenvalue weighted by Gasteiger charge is 2.61. The van der Waals surface area contributed by atoms with Crippen molar-refractivity contribution >= 4 is 50.3 Å². The van der Waals surface area contributed by atoms with Gasteiger partial charge in [0.1, 0.15) is 28.2 Å². The van der Waals surface area contributed by atoms with Crippen molar-refractivity contribution in [2.45, 2.75) is 122 Å². The van der Waals surface area contributed by atoms with Crippen LogP contribution in [0.15, 0.2) is 60.7 Å². The number of imidazole rings is 1. The van der Waals surface area contributed by atoms with Crippen LogP contribution in [0, 0.1) is 12.8 Å². The summed E-state index contributed by atoms with van der Waals surface area (Å²) in [5.74, 6) is -2.10. The fourth-order valence-electron chi connectivity index (χ4n) is 8.25. The van der Waals surface area contributed by atoms with Gasteiger partial charge in [-0.2, -0.15) is 17.7 Å². The Morgan fingerprint density at radius 1 is 1.06 bits per heavy atom. The van der Waals surface area contributed by atoms with Crippen LogP contribution in [0.1, 0.15) is 90.5 Å². The number of carbonyl (C=O) groups is 3. The maximum Gasteiger partial charge on any atom is 0.303 e. The number of para-hydroxylation sites is 1. The van der Waals surface area contributed by atoms with E-state index in [0.717, 1.165) is 67.7 Å². The van der Waals surface area contributed by atoms with E-state index in [1.54, 1.807) is 16.2 Å². The largest absolute Gasteiger partial charge is 0.459 e. The van der Waals surface area contributed by atoms with E-state index < -0.39 is 57.3 Å². The van der Waals surface area contributed by atoms with Crippen LogP contribution in [0.2, 0.25) is 0 Å². The highest BCUT2D eigenvalue weighted by molar-refractivity contribution is 7.87. The van der Waals surface area contributed by atoms with E-state index in [-0.39, 0.29) is 38.1 Å². The summed E-state index contributed by atoms with van der Waals surface area (Å²) in [7, 11) is -1.51. The Balaban J connectivity index is 1.22. The predicted molar refractivity (Wildman–Crippen MR) is 241 cm³/mol. The van der Waals surface area contributed by atoms with Crippen molar-refractivity contribution < 1.29 is 32.3 Å². The fraction of sp³-hybridized carbons (Fsp3) is 0.533. The molecule has 2 aromatic heterocycles. The number of nitrogens with zero attached hydrogens (tertiary/aromatic N) is 5. The molecule has 17 heteroatoms. The second-order valence-corrected chi connectivity index (χ2v) is 21.1. The van der Waals surface area contributed by atoms with E-state index in [9.17, 15) is 22.8 Å². The average Bonchev–Trinajstić information content (AvgIpc) is 3.48. The third-order valence-corrected chi connectivity index (χ3v) is 14.1.